The number of rotatable bonds is 5. The Balaban J connectivity index is 1.73. The Bertz CT molecular complexity index is 908. The summed E-state index contributed by atoms with van der Waals surface area (Å²) in [7, 11) is 0. The highest BCUT2D eigenvalue weighted by Gasteiger charge is 2.21. The summed E-state index contributed by atoms with van der Waals surface area (Å²) >= 11 is 4.37. The molecule has 1 aliphatic rings. The molecule has 0 spiro atoms. The summed E-state index contributed by atoms with van der Waals surface area (Å²) < 4.78 is 13.5. The van der Waals surface area contributed by atoms with Gasteiger partial charge >= 0.3 is 0 Å². The van der Waals surface area contributed by atoms with Crippen molar-refractivity contribution < 1.29 is 9.47 Å². The van der Waals surface area contributed by atoms with Gasteiger partial charge in [0.25, 0.3) is 0 Å². The number of thiol groups is 1. The molecule has 0 radical (unpaired) electrons. The van der Waals surface area contributed by atoms with Crippen molar-refractivity contribution in [1.82, 2.24) is 19.5 Å². The van der Waals surface area contributed by atoms with Crippen molar-refractivity contribution in [3.05, 3.63) is 30.6 Å². The number of para-hydroxylation sites is 2. The van der Waals surface area contributed by atoms with E-state index >= 15 is 0 Å². The molecule has 8 heteroatoms. The van der Waals surface area contributed by atoms with Gasteiger partial charge in [-0.3, -0.25) is 4.57 Å². The lowest BCUT2D eigenvalue weighted by atomic mass is 10.2. The van der Waals surface area contributed by atoms with E-state index in [-0.39, 0.29) is 6.23 Å². The molecule has 2 aromatic heterocycles. The van der Waals surface area contributed by atoms with Crippen molar-refractivity contribution >= 4 is 35.3 Å². The lowest BCUT2D eigenvalue weighted by molar-refractivity contribution is -0.0298. The predicted octanol–water partition coefficient (Wildman–Crippen LogP) is 3.96. The summed E-state index contributed by atoms with van der Waals surface area (Å²) in [4.78, 5) is 13.4. The number of nitrogens with one attached hydrogen (secondary N) is 1. The largest absolute Gasteiger partial charge is 0.492 e. The molecule has 0 amide bonds. The number of anilines is 2. The number of aromatic nitrogens is 4. The zero-order valence-electron chi connectivity index (χ0n) is 14.6. The first kappa shape index (κ1) is 17.1. The normalized spacial score (nSPS) is 17.4. The van der Waals surface area contributed by atoms with Crippen LogP contribution in [0.5, 0.6) is 5.75 Å². The third-order valence-corrected chi connectivity index (χ3v) is 4.52. The number of benzene rings is 1. The van der Waals surface area contributed by atoms with Crippen LogP contribution in [-0.4, -0.2) is 32.7 Å². The molecule has 1 aliphatic heterocycles. The number of imidazole rings is 1. The SMILES string of the molecule is CCOc1ccccc1Nc1nc(S)nc2c1ncn2C1CCCCO1. The van der Waals surface area contributed by atoms with E-state index in [0.717, 1.165) is 37.3 Å². The summed E-state index contributed by atoms with van der Waals surface area (Å²) in [5.74, 6) is 1.36. The Morgan fingerprint density at radius 1 is 1.31 bits per heavy atom. The Kier molecular flexibility index (Phi) is 4.94. The van der Waals surface area contributed by atoms with Gasteiger partial charge in [-0.05, 0) is 38.3 Å². The van der Waals surface area contributed by atoms with Gasteiger partial charge in [-0.25, -0.2) is 15.0 Å². The molecule has 0 aliphatic carbocycles. The van der Waals surface area contributed by atoms with Crippen molar-refractivity contribution in [2.45, 2.75) is 37.6 Å². The van der Waals surface area contributed by atoms with E-state index in [1.807, 2.05) is 35.8 Å². The maximum atomic E-state index is 5.88. The summed E-state index contributed by atoms with van der Waals surface area (Å²) in [6.07, 6.45) is 4.91. The first-order valence-corrected chi connectivity index (χ1v) is 9.25. The first-order chi connectivity index (χ1) is 12.8. The summed E-state index contributed by atoms with van der Waals surface area (Å²) in [5.41, 5.74) is 2.22. The third kappa shape index (κ3) is 3.34. The van der Waals surface area contributed by atoms with Crippen LogP contribution in [0.15, 0.2) is 35.7 Å². The minimum Gasteiger partial charge on any atom is -0.492 e. The number of fused-ring (bicyclic) bond motifs is 1. The topological polar surface area (TPSA) is 74.1 Å². The summed E-state index contributed by atoms with van der Waals surface area (Å²) in [6, 6.07) is 7.74. The van der Waals surface area contributed by atoms with Crippen molar-refractivity contribution in [1.29, 1.82) is 0 Å². The van der Waals surface area contributed by atoms with Crippen LogP contribution >= 0.6 is 12.6 Å². The fourth-order valence-electron chi connectivity index (χ4n) is 3.12. The molecular weight excluding hydrogens is 350 g/mol. The zero-order chi connectivity index (χ0) is 17.9. The molecule has 1 N–H and O–H groups in total. The highest BCUT2D eigenvalue weighted by molar-refractivity contribution is 7.80. The lowest BCUT2D eigenvalue weighted by Gasteiger charge is -2.23. The number of nitrogens with zero attached hydrogens (tertiary/aromatic N) is 4. The van der Waals surface area contributed by atoms with Gasteiger partial charge in [-0.1, -0.05) is 12.1 Å². The average Bonchev–Trinajstić information content (AvgIpc) is 3.08. The van der Waals surface area contributed by atoms with E-state index in [2.05, 4.69) is 32.9 Å². The molecule has 26 heavy (non-hydrogen) atoms. The molecule has 1 atom stereocenters. The minimum absolute atomic E-state index is 0.0417. The van der Waals surface area contributed by atoms with Crippen molar-refractivity contribution in [2.24, 2.45) is 0 Å². The van der Waals surface area contributed by atoms with Crippen LogP contribution in [0.25, 0.3) is 11.2 Å². The van der Waals surface area contributed by atoms with Crippen molar-refractivity contribution in [3.63, 3.8) is 0 Å². The number of hydrogen-bond acceptors (Lipinski definition) is 7. The molecule has 1 aromatic carbocycles. The van der Waals surface area contributed by atoms with Crippen LogP contribution in [0.4, 0.5) is 11.5 Å². The fourth-order valence-corrected chi connectivity index (χ4v) is 3.32. The van der Waals surface area contributed by atoms with Crippen molar-refractivity contribution in [3.8, 4) is 5.75 Å². The molecule has 0 saturated carbocycles. The zero-order valence-corrected chi connectivity index (χ0v) is 15.4. The van der Waals surface area contributed by atoms with E-state index in [9.17, 15) is 0 Å². The van der Waals surface area contributed by atoms with E-state index in [4.69, 9.17) is 9.47 Å². The molecule has 1 saturated heterocycles. The van der Waals surface area contributed by atoms with Gasteiger partial charge in [0.15, 0.2) is 22.1 Å². The third-order valence-electron chi connectivity index (χ3n) is 4.32. The Morgan fingerprint density at radius 3 is 3.00 bits per heavy atom. The lowest BCUT2D eigenvalue weighted by Crippen LogP contribution is -2.17. The van der Waals surface area contributed by atoms with Crippen LogP contribution in [0.3, 0.4) is 0 Å². The summed E-state index contributed by atoms with van der Waals surface area (Å²) in [6.45, 7) is 3.30. The van der Waals surface area contributed by atoms with E-state index in [0.29, 0.717) is 28.7 Å². The van der Waals surface area contributed by atoms with Gasteiger partial charge in [-0.15, -0.1) is 12.6 Å². The molecular formula is C18H21N5O2S. The van der Waals surface area contributed by atoms with Crippen LogP contribution in [0.2, 0.25) is 0 Å². The van der Waals surface area contributed by atoms with Gasteiger partial charge < -0.3 is 14.8 Å². The smallest absolute Gasteiger partial charge is 0.188 e. The van der Waals surface area contributed by atoms with E-state index < -0.39 is 0 Å². The minimum atomic E-state index is -0.0417. The highest BCUT2D eigenvalue weighted by atomic mass is 32.1. The van der Waals surface area contributed by atoms with Crippen molar-refractivity contribution in [2.75, 3.05) is 18.5 Å². The first-order valence-electron chi connectivity index (χ1n) is 8.80. The number of hydrogen-bond donors (Lipinski definition) is 2. The second-order valence-electron chi connectivity index (χ2n) is 6.07. The monoisotopic (exact) mass is 371 g/mol. The maximum Gasteiger partial charge on any atom is 0.188 e. The van der Waals surface area contributed by atoms with E-state index in [1.54, 1.807) is 6.33 Å². The number of ether oxygens (including phenoxy) is 2. The van der Waals surface area contributed by atoms with Gasteiger partial charge in [0.2, 0.25) is 0 Å². The van der Waals surface area contributed by atoms with Crippen LogP contribution in [-0.2, 0) is 4.74 Å². The summed E-state index contributed by atoms with van der Waals surface area (Å²) in [5, 5.41) is 3.70. The molecule has 0 bridgehead atoms. The quantitative estimate of drug-likeness (QED) is 0.522. The van der Waals surface area contributed by atoms with Gasteiger partial charge in [0.1, 0.15) is 12.0 Å². The molecule has 3 heterocycles. The highest BCUT2D eigenvalue weighted by Crippen LogP contribution is 2.32. The van der Waals surface area contributed by atoms with E-state index in [1.165, 1.54) is 0 Å². The fraction of sp³-hybridized carbons (Fsp3) is 0.389. The maximum absolute atomic E-state index is 5.88. The Morgan fingerprint density at radius 2 is 2.19 bits per heavy atom. The molecule has 1 fully saturated rings. The molecule has 1 unspecified atom stereocenters. The second kappa shape index (κ2) is 7.51. The second-order valence-corrected chi connectivity index (χ2v) is 6.47. The van der Waals surface area contributed by atoms with Gasteiger partial charge in [0, 0.05) is 6.61 Å². The Hall–Kier alpha value is -2.32. The van der Waals surface area contributed by atoms with Crippen LogP contribution < -0.4 is 10.1 Å². The average molecular weight is 371 g/mol. The predicted molar refractivity (Wildman–Crippen MR) is 102 cm³/mol. The van der Waals surface area contributed by atoms with Gasteiger partial charge in [-0.2, -0.15) is 0 Å². The van der Waals surface area contributed by atoms with Gasteiger partial charge in [0.05, 0.1) is 18.6 Å². The van der Waals surface area contributed by atoms with Crippen LogP contribution in [0, 0.1) is 0 Å². The molecule has 136 valence electrons. The molecule has 7 nitrogen and oxygen atoms in total. The van der Waals surface area contributed by atoms with Crippen LogP contribution in [0.1, 0.15) is 32.4 Å². The standard InChI is InChI=1S/C18H21N5O2S/c1-2-24-13-8-4-3-7-12(13)20-16-15-17(22-18(26)21-16)23(11-19-15)14-9-5-6-10-25-14/h3-4,7-8,11,14H,2,5-6,9-10H2,1H3,(H2,20,21,22,26). The molecule has 4 rings (SSSR count). The molecule has 3 aromatic rings. The Labute approximate surface area is 157 Å².